The lowest BCUT2D eigenvalue weighted by molar-refractivity contribution is 0.182. The Morgan fingerprint density at radius 1 is 1.58 bits per heavy atom. The van der Waals surface area contributed by atoms with Gasteiger partial charge < -0.3 is 10.4 Å². The molecule has 0 spiro atoms. The van der Waals surface area contributed by atoms with Crippen molar-refractivity contribution in [2.45, 2.75) is 38.5 Å². The quantitative estimate of drug-likeness (QED) is 0.631. The van der Waals surface area contributed by atoms with Gasteiger partial charge in [0.15, 0.2) is 0 Å². The molecule has 1 saturated heterocycles. The van der Waals surface area contributed by atoms with Crippen LogP contribution in [0.3, 0.4) is 0 Å². The molecule has 0 radical (unpaired) electrons. The van der Waals surface area contributed by atoms with Crippen LogP contribution in [0.4, 0.5) is 0 Å². The van der Waals surface area contributed by atoms with Crippen molar-refractivity contribution in [2.75, 3.05) is 20.1 Å². The van der Waals surface area contributed by atoms with Gasteiger partial charge in [0.05, 0.1) is 6.10 Å². The third kappa shape index (κ3) is 2.73. The van der Waals surface area contributed by atoms with Gasteiger partial charge in [-0.1, -0.05) is 13.8 Å². The van der Waals surface area contributed by atoms with Crippen LogP contribution in [0.1, 0.15) is 20.3 Å². The van der Waals surface area contributed by atoms with Gasteiger partial charge in [-0.25, -0.2) is 0 Å². The van der Waals surface area contributed by atoms with Crippen molar-refractivity contribution in [3.8, 4) is 0 Å². The number of β-amino-alcohol motifs (C(OH)–C–C–N with tert-alkyl or cyclic N) is 1. The summed E-state index contributed by atoms with van der Waals surface area (Å²) in [5.41, 5.74) is 0. The maximum Gasteiger partial charge on any atom is 0.0682 e. The lowest BCUT2D eigenvalue weighted by Gasteiger charge is -2.20. The Labute approximate surface area is 74.8 Å². The number of nitrogens with zero attached hydrogens (tertiary/aromatic N) is 1. The van der Waals surface area contributed by atoms with Crippen LogP contribution in [0.5, 0.6) is 0 Å². The molecule has 0 aliphatic carbocycles. The first-order valence-corrected chi connectivity index (χ1v) is 4.71. The van der Waals surface area contributed by atoms with Crippen molar-refractivity contribution in [1.29, 1.82) is 0 Å². The minimum atomic E-state index is -0.117. The molecular weight excluding hydrogens is 152 g/mol. The van der Waals surface area contributed by atoms with Crippen molar-refractivity contribution in [3.63, 3.8) is 0 Å². The molecule has 0 aromatic carbocycles. The summed E-state index contributed by atoms with van der Waals surface area (Å²) in [6.45, 7) is 6.10. The second kappa shape index (κ2) is 4.21. The van der Waals surface area contributed by atoms with Gasteiger partial charge >= 0.3 is 0 Å². The average Bonchev–Trinajstić information content (AvgIpc) is 2.26. The van der Waals surface area contributed by atoms with Crippen LogP contribution in [0, 0.1) is 0 Å². The van der Waals surface area contributed by atoms with Crippen LogP contribution in [0.25, 0.3) is 0 Å². The third-order valence-electron chi connectivity index (χ3n) is 2.43. The summed E-state index contributed by atoms with van der Waals surface area (Å²) in [5.74, 6) is 0. The molecule has 3 nitrogen and oxygen atoms in total. The van der Waals surface area contributed by atoms with E-state index in [9.17, 15) is 5.11 Å². The number of rotatable bonds is 3. The highest BCUT2D eigenvalue weighted by molar-refractivity contribution is 4.84. The second-order valence-corrected chi connectivity index (χ2v) is 4.05. The summed E-state index contributed by atoms with van der Waals surface area (Å²) in [4.78, 5) is 2.22. The standard InChI is InChI=1S/C9H20N2O/c1-7(2)10-5-8-4-9(12)6-11(8)3/h7-10,12H,4-6H2,1-3H3/t8-,9+/m0/s1. The molecule has 12 heavy (non-hydrogen) atoms. The number of hydrogen-bond donors (Lipinski definition) is 2. The molecule has 0 saturated carbocycles. The fourth-order valence-corrected chi connectivity index (χ4v) is 1.66. The maximum atomic E-state index is 9.37. The predicted molar refractivity (Wildman–Crippen MR) is 50.2 cm³/mol. The Morgan fingerprint density at radius 2 is 2.25 bits per heavy atom. The minimum absolute atomic E-state index is 0.117. The first-order valence-electron chi connectivity index (χ1n) is 4.71. The number of aliphatic hydroxyl groups is 1. The minimum Gasteiger partial charge on any atom is -0.392 e. The van der Waals surface area contributed by atoms with E-state index in [4.69, 9.17) is 0 Å². The van der Waals surface area contributed by atoms with E-state index in [1.165, 1.54) is 0 Å². The van der Waals surface area contributed by atoms with E-state index in [-0.39, 0.29) is 6.10 Å². The van der Waals surface area contributed by atoms with Gasteiger partial charge in [-0.15, -0.1) is 0 Å². The fourth-order valence-electron chi connectivity index (χ4n) is 1.66. The van der Waals surface area contributed by atoms with Gasteiger partial charge in [0, 0.05) is 25.2 Å². The van der Waals surface area contributed by atoms with Gasteiger partial charge in [0.2, 0.25) is 0 Å². The molecule has 0 bridgehead atoms. The number of aliphatic hydroxyl groups excluding tert-OH is 1. The summed E-state index contributed by atoms with van der Waals surface area (Å²) in [6, 6.07) is 1.05. The lowest BCUT2D eigenvalue weighted by Crippen LogP contribution is -2.38. The topological polar surface area (TPSA) is 35.5 Å². The van der Waals surface area contributed by atoms with E-state index in [2.05, 4.69) is 31.1 Å². The Morgan fingerprint density at radius 3 is 2.67 bits per heavy atom. The fraction of sp³-hybridized carbons (Fsp3) is 1.00. The Balaban J connectivity index is 2.23. The number of nitrogens with one attached hydrogen (secondary N) is 1. The zero-order chi connectivity index (χ0) is 9.14. The van der Waals surface area contributed by atoms with Crippen LogP contribution < -0.4 is 5.32 Å². The Bertz CT molecular complexity index is 138. The van der Waals surface area contributed by atoms with Gasteiger partial charge in [-0.3, -0.25) is 4.90 Å². The van der Waals surface area contributed by atoms with Crippen molar-refractivity contribution < 1.29 is 5.11 Å². The molecule has 1 aliphatic heterocycles. The smallest absolute Gasteiger partial charge is 0.0682 e. The monoisotopic (exact) mass is 172 g/mol. The van der Waals surface area contributed by atoms with Crippen LogP contribution in [-0.4, -0.2) is 48.3 Å². The zero-order valence-electron chi connectivity index (χ0n) is 8.25. The molecule has 0 amide bonds. The molecule has 0 aromatic rings. The van der Waals surface area contributed by atoms with Gasteiger partial charge in [0.25, 0.3) is 0 Å². The first-order chi connectivity index (χ1) is 5.59. The predicted octanol–water partition coefficient (Wildman–Crippen LogP) is 0.0494. The first kappa shape index (κ1) is 9.96. The van der Waals surface area contributed by atoms with Crippen molar-refractivity contribution in [2.24, 2.45) is 0 Å². The molecule has 3 heteroatoms. The molecule has 72 valence electrons. The van der Waals surface area contributed by atoms with E-state index in [0.29, 0.717) is 12.1 Å². The van der Waals surface area contributed by atoms with Crippen LogP contribution in [0.2, 0.25) is 0 Å². The molecule has 1 rings (SSSR count). The van der Waals surface area contributed by atoms with Crippen molar-refractivity contribution in [3.05, 3.63) is 0 Å². The number of likely N-dealkylation sites (N-methyl/N-ethyl adjacent to an activating group) is 1. The lowest BCUT2D eigenvalue weighted by atomic mass is 10.2. The van der Waals surface area contributed by atoms with E-state index in [1.54, 1.807) is 0 Å². The molecule has 2 atom stereocenters. The summed E-state index contributed by atoms with van der Waals surface area (Å²) in [7, 11) is 2.07. The third-order valence-corrected chi connectivity index (χ3v) is 2.43. The van der Waals surface area contributed by atoms with E-state index in [0.717, 1.165) is 19.5 Å². The molecule has 1 fully saturated rings. The normalized spacial score (nSPS) is 31.8. The highest BCUT2D eigenvalue weighted by Crippen LogP contribution is 2.14. The number of hydrogen-bond acceptors (Lipinski definition) is 3. The van der Waals surface area contributed by atoms with Crippen LogP contribution in [-0.2, 0) is 0 Å². The molecule has 0 aromatic heterocycles. The maximum absolute atomic E-state index is 9.37. The Hall–Kier alpha value is -0.120. The molecule has 1 aliphatic rings. The van der Waals surface area contributed by atoms with Crippen molar-refractivity contribution in [1.82, 2.24) is 10.2 Å². The molecule has 2 N–H and O–H groups in total. The summed E-state index contributed by atoms with van der Waals surface area (Å²) in [5, 5.41) is 12.8. The van der Waals surface area contributed by atoms with Gasteiger partial charge in [0.1, 0.15) is 0 Å². The van der Waals surface area contributed by atoms with E-state index in [1.807, 2.05) is 0 Å². The number of likely N-dealkylation sites (tertiary alicyclic amines) is 1. The summed E-state index contributed by atoms with van der Waals surface area (Å²) < 4.78 is 0. The SMILES string of the molecule is CC(C)NC[C@@H]1C[C@@H](O)CN1C. The summed E-state index contributed by atoms with van der Waals surface area (Å²) >= 11 is 0. The highest BCUT2D eigenvalue weighted by Gasteiger charge is 2.27. The Kier molecular flexibility index (Phi) is 3.50. The largest absolute Gasteiger partial charge is 0.392 e. The van der Waals surface area contributed by atoms with Crippen LogP contribution >= 0.6 is 0 Å². The molecular formula is C9H20N2O. The van der Waals surface area contributed by atoms with E-state index >= 15 is 0 Å². The van der Waals surface area contributed by atoms with Gasteiger partial charge in [-0.05, 0) is 13.5 Å². The second-order valence-electron chi connectivity index (χ2n) is 4.05. The zero-order valence-corrected chi connectivity index (χ0v) is 8.25. The van der Waals surface area contributed by atoms with E-state index < -0.39 is 0 Å². The van der Waals surface area contributed by atoms with Gasteiger partial charge in [-0.2, -0.15) is 0 Å². The molecule has 1 heterocycles. The highest BCUT2D eigenvalue weighted by atomic mass is 16.3. The van der Waals surface area contributed by atoms with Crippen LogP contribution in [0.15, 0.2) is 0 Å². The summed E-state index contributed by atoms with van der Waals surface area (Å²) in [6.07, 6.45) is 0.796. The molecule has 0 unspecified atom stereocenters. The average molecular weight is 172 g/mol. The van der Waals surface area contributed by atoms with Crippen molar-refractivity contribution >= 4 is 0 Å².